The largest absolute Gasteiger partial charge is 0.495 e. The summed E-state index contributed by atoms with van der Waals surface area (Å²) in [6.45, 7) is 4.63. The van der Waals surface area contributed by atoms with E-state index in [1.807, 2.05) is 6.92 Å². The number of amides is 1. The number of nitrogens with zero attached hydrogens (tertiary/aromatic N) is 3. The molecule has 36 heavy (non-hydrogen) atoms. The summed E-state index contributed by atoms with van der Waals surface area (Å²) in [6, 6.07) is 17.1. The Kier molecular flexibility index (Phi) is 8.05. The van der Waals surface area contributed by atoms with Crippen molar-refractivity contribution in [3.63, 3.8) is 0 Å². The molecule has 3 aromatic carbocycles. The molecule has 0 aliphatic heterocycles. The number of nitro groups is 1. The monoisotopic (exact) mass is 510 g/mol. The number of hydrogen-bond acceptors (Lipinski definition) is 7. The number of rotatable bonds is 9. The summed E-state index contributed by atoms with van der Waals surface area (Å²) < 4.78 is 33.6. The van der Waals surface area contributed by atoms with Gasteiger partial charge < -0.3 is 4.74 Å². The summed E-state index contributed by atoms with van der Waals surface area (Å²) in [4.78, 5) is 23.4. The van der Waals surface area contributed by atoms with Gasteiger partial charge in [0.15, 0.2) is 0 Å². The maximum absolute atomic E-state index is 13.6. The van der Waals surface area contributed by atoms with Crippen molar-refractivity contribution in [3.8, 4) is 5.75 Å². The van der Waals surface area contributed by atoms with Crippen LogP contribution in [0.3, 0.4) is 0 Å². The molecule has 0 bridgehead atoms. The molecule has 1 N–H and O–H groups in total. The van der Waals surface area contributed by atoms with E-state index in [0.29, 0.717) is 11.3 Å². The molecule has 3 aromatic rings. The third-order valence-electron chi connectivity index (χ3n) is 5.32. The Hall–Kier alpha value is -4.25. The van der Waals surface area contributed by atoms with Crippen LogP contribution in [0.25, 0.3) is 0 Å². The molecular weight excluding hydrogens is 484 g/mol. The molecule has 0 fully saturated rings. The van der Waals surface area contributed by atoms with Gasteiger partial charge >= 0.3 is 0 Å². The molecule has 0 unspecified atom stereocenters. The summed E-state index contributed by atoms with van der Waals surface area (Å²) in [5.41, 5.74) is 4.84. The molecule has 188 valence electrons. The minimum atomic E-state index is -4.15. The number of hydrazone groups is 1. The van der Waals surface area contributed by atoms with Gasteiger partial charge in [0, 0.05) is 17.7 Å². The second kappa shape index (κ2) is 11.0. The quantitative estimate of drug-likeness (QED) is 0.263. The van der Waals surface area contributed by atoms with Gasteiger partial charge in [-0.05, 0) is 50.6 Å². The van der Waals surface area contributed by atoms with E-state index in [9.17, 15) is 23.3 Å². The van der Waals surface area contributed by atoms with E-state index in [2.05, 4.69) is 10.5 Å². The number of carbonyl (C=O) groups excluding carboxylic acids is 1. The number of hydrogen-bond donors (Lipinski definition) is 1. The van der Waals surface area contributed by atoms with Crippen molar-refractivity contribution in [1.29, 1.82) is 0 Å². The lowest BCUT2D eigenvalue weighted by atomic mass is 10.1. The molecule has 3 rings (SSSR count). The van der Waals surface area contributed by atoms with Crippen LogP contribution >= 0.6 is 0 Å². The lowest BCUT2D eigenvalue weighted by molar-refractivity contribution is -0.384. The number of sulfonamides is 1. The second-order valence-corrected chi connectivity index (χ2v) is 9.90. The molecule has 0 aliphatic rings. The fourth-order valence-electron chi connectivity index (χ4n) is 3.35. The number of benzene rings is 3. The summed E-state index contributed by atoms with van der Waals surface area (Å²) >= 11 is 0. The average molecular weight is 511 g/mol. The number of nitro benzene ring substituents is 1. The lowest BCUT2D eigenvalue weighted by Gasteiger charge is -2.25. The minimum absolute atomic E-state index is 0.0146. The van der Waals surface area contributed by atoms with Crippen LogP contribution in [0.4, 0.5) is 11.4 Å². The van der Waals surface area contributed by atoms with Crippen LogP contribution in [0.5, 0.6) is 5.75 Å². The van der Waals surface area contributed by atoms with Gasteiger partial charge in [0.2, 0.25) is 0 Å². The summed E-state index contributed by atoms with van der Waals surface area (Å²) in [5, 5.41) is 15.0. The Balaban J connectivity index is 1.94. The Morgan fingerprint density at radius 2 is 1.72 bits per heavy atom. The predicted octanol–water partition coefficient (Wildman–Crippen LogP) is 3.96. The standard InChI is InChI=1S/C25H26N4O6S/c1-17-8-11-22(12-9-17)36(33,34)28(23-14-18(2)10-13-24(23)35-4)16-25(30)27-26-19(3)20-6-5-7-21(15-20)29(31)32/h5-15H,16H2,1-4H3,(H,27,30)/b26-19-. The van der Waals surface area contributed by atoms with Crippen LogP contribution in [-0.4, -0.2) is 38.6 Å². The van der Waals surface area contributed by atoms with E-state index in [4.69, 9.17) is 4.74 Å². The molecule has 11 heteroatoms. The highest BCUT2D eigenvalue weighted by Crippen LogP contribution is 2.33. The molecular formula is C25H26N4O6S. The molecule has 0 atom stereocenters. The first-order valence-electron chi connectivity index (χ1n) is 10.8. The van der Waals surface area contributed by atoms with Crippen molar-refractivity contribution in [2.75, 3.05) is 18.0 Å². The maximum atomic E-state index is 13.6. The molecule has 0 aromatic heterocycles. The van der Waals surface area contributed by atoms with Gasteiger partial charge in [-0.3, -0.25) is 19.2 Å². The number of anilines is 1. The Labute approximate surface area is 209 Å². The highest BCUT2D eigenvalue weighted by atomic mass is 32.2. The van der Waals surface area contributed by atoms with Crippen LogP contribution < -0.4 is 14.5 Å². The van der Waals surface area contributed by atoms with E-state index in [1.165, 1.54) is 37.4 Å². The van der Waals surface area contributed by atoms with Crippen molar-refractivity contribution in [2.24, 2.45) is 5.10 Å². The average Bonchev–Trinajstić information content (AvgIpc) is 2.86. The van der Waals surface area contributed by atoms with Crippen LogP contribution in [-0.2, 0) is 14.8 Å². The third-order valence-corrected chi connectivity index (χ3v) is 7.10. The summed E-state index contributed by atoms with van der Waals surface area (Å²) in [7, 11) is -2.74. The zero-order chi connectivity index (χ0) is 26.5. The molecule has 0 heterocycles. The zero-order valence-corrected chi connectivity index (χ0v) is 21.1. The van der Waals surface area contributed by atoms with Gasteiger partial charge in [-0.2, -0.15) is 5.10 Å². The summed E-state index contributed by atoms with van der Waals surface area (Å²) in [6.07, 6.45) is 0. The summed E-state index contributed by atoms with van der Waals surface area (Å²) in [5.74, 6) is -0.431. The van der Waals surface area contributed by atoms with Gasteiger partial charge in [-0.1, -0.05) is 35.9 Å². The first kappa shape index (κ1) is 26.4. The zero-order valence-electron chi connectivity index (χ0n) is 20.3. The highest BCUT2D eigenvalue weighted by Gasteiger charge is 2.29. The fraction of sp³-hybridized carbons (Fsp3) is 0.200. The van der Waals surface area contributed by atoms with E-state index in [0.717, 1.165) is 15.4 Å². The van der Waals surface area contributed by atoms with Crippen molar-refractivity contribution >= 4 is 33.0 Å². The normalized spacial score (nSPS) is 11.6. The number of ether oxygens (including phenoxy) is 1. The van der Waals surface area contributed by atoms with E-state index in [1.54, 1.807) is 50.2 Å². The van der Waals surface area contributed by atoms with E-state index in [-0.39, 0.29) is 22.0 Å². The van der Waals surface area contributed by atoms with E-state index >= 15 is 0 Å². The Bertz CT molecular complexity index is 1420. The minimum Gasteiger partial charge on any atom is -0.495 e. The topological polar surface area (TPSA) is 131 Å². The lowest BCUT2D eigenvalue weighted by Crippen LogP contribution is -2.40. The van der Waals surface area contributed by atoms with Crippen LogP contribution in [0.1, 0.15) is 23.6 Å². The van der Waals surface area contributed by atoms with E-state index < -0.39 is 27.4 Å². The fourth-order valence-corrected chi connectivity index (χ4v) is 4.78. The first-order chi connectivity index (χ1) is 17.0. The van der Waals surface area contributed by atoms with Gasteiger partial charge in [-0.15, -0.1) is 0 Å². The van der Waals surface area contributed by atoms with Crippen LogP contribution in [0.15, 0.2) is 76.7 Å². The first-order valence-corrected chi connectivity index (χ1v) is 12.3. The molecule has 10 nitrogen and oxygen atoms in total. The number of aryl methyl sites for hydroxylation is 2. The molecule has 1 amide bonds. The van der Waals surface area contributed by atoms with Gasteiger partial charge in [0.25, 0.3) is 21.6 Å². The number of carbonyl (C=O) groups is 1. The number of nitrogens with one attached hydrogen (secondary N) is 1. The van der Waals surface area contributed by atoms with Crippen LogP contribution in [0, 0.1) is 24.0 Å². The molecule has 0 aliphatic carbocycles. The smallest absolute Gasteiger partial charge is 0.270 e. The molecule has 0 radical (unpaired) electrons. The molecule has 0 spiro atoms. The van der Waals surface area contributed by atoms with Crippen molar-refractivity contribution in [3.05, 3.63) is 93.5 Å². The number of non-ortho nitro benzene ring substituents is 1. The third kappa shape index (κ3) is 6.05. The van der Waals surface area contributed by atoms with Crippen LogP contribution in [0.2, 0.25) is 0 Å². The highest BCUT2D eigenvalue weighted by molar-refractivity contribution is 7.92. The maximum Gasteiger partial charge on any atom is 0.270 e. The van der Waals surface area contributed by atoms with Crippen molar-refractivity contribution in [2.45, 2.75) is 25.7 Å². The predicted molar refractivity (Wildman–Crippen MR) is 137 cm³/mol. The van der Waals surface area contributed by atoms with Crippen molar-refractivity contribution in [1.82, 2.24) is 5.43 Å². The Morgan fingerprint density at radius 1 is 1.06 bits per heavy atom. The van der Waals surface area contributed by atoms with Gasteiger partial charge in [0.1, 0.15) is 12.3 Å². The van der Waals surface area contributed by atoms with Crippen molar-refractivity contribution < 1.29 is 22.9 Å². The second-order valence-electron chi connectivity index (χ2n) is 8.04. The molecule has 0 saturated carbocycles. The Morgan fingerprint density at radius 3 is 2.36 bits per heavy atom. The van der Waals surface area contributed by atoms with Gasteiger partial charge in [0.05, 0.1) is 28.3 Å². The van der Waals surface area contributed by atoms with Gasteiger partial charge in [-0.25, -0.2) is 13.8 Å². The number of methoxy groups -OCH3 is 1. The SMILES string of the molecule is COc1ccc(C)cc1N(CC(=O)N/N=C(/C)c1cccc([N+](=O)[O-])c1)S(=O)(=O)c1ccc(C)cc1. The molecule has 0 saturated heterocycles.